The van der Waals surface area contributed by atoms with E-state index in [1.165, 1.54) is 24.8 Å². The highest BCUT2D eigenvalue weighted by Crippen LogP contribution is 2.15. The van der Waals surface area contributed by atoms with Crippen LogP contribution >= 0.6 is 0 Å². The molecule has 0 atom stereocenters. The molecule has 2 heteroatoms. The van der Waals surface area contributed by atoms with E-state index < -0.39 is 0 Å². The van der Waals surface area contributed by atoms with Crippen LogP contribution in [0.2, 0.25) is 0 Å². The van der Waals surface area contributed by atoms with Crippen molar-refractivity contribution in [2.75, 3.05) is 11.9 Å². The first-order valence-electron chi connectivity index (χ1n) is 7.03. The summed E-state index contributed by atoms with van der Waals surface area (Å²) in [6.45, 7) is 7.38. The minimum absolute atomic E-state index is 0.0809. The number of unbranched alkanes of at least 4 members (excludes halogenated alkanes) is 3. The van der Waals surface area contributed by atoms with Crippen molar-refractivity contribution >= 4 is 5.69 Å². The third-order valence-corrected chi connectivity index (χ3v) is 3.13. The molecule has 0 aromatic heterocycles. The van der Waals surface area contributed by atoms with Gasteiger partial charge in [0.15, 0.2) is 0 Å². The van der Waals surface area contributed by atoms with Gasteiger partial charge in [0.05, 0.1) is 5.69 Å². The van der Waals surface area contributed by atoms with Crippen molar-refractivity contribution in [1.82, 2.24) is 0 Å². The average Bonchev–Trinajstić information content (AvgIpc) is 2.52. The molecule has 1 rings (SSSR count). The summed E-state index contributed by atoms with van der Waals surface area (Å²) in [6, 6.07) is 7.50. The lowest BCUT2D eigenvalue weighted by Crippen LogP contribution is -2.10. The Kier molecular flexibility index (Phi) is 6.48. The van der Waals surface area contributed by atoms with Crippen LogP contribution in [0, 0.1) is 0 Å². The van der Waals surface area contributed by atoms with Crippen LogP contribution in [0.25, 0.3) is 0 Å². The van der Waals surface area contributed by atoms with E-state index in [0.29, 0.717) is 5.92 Å². The molecule has 0 aliphatic carbocycles. The van der Waals surface area contributed by atoms with Gasteiger partial charge in [-0.1, -0.05) is 52.2 Å². The highest BCUT2D eigenvalue weighted by atomic mass is 16.1. The summed E-state index contributed by atoms with van der Waals surface area (Å²) in [4.78, 5) is 11.9. The highest BCUT2D eigenvalue weighted by Gasteiger charge is 2.01. The molecule has 0 fully saturated rings. The van der Waals surface area contributed by atoms with Crippen LogP contribution < -0.4 is 10.7 Å². The molecule has 0 saturated heterocycles. The molecule has 100 valence electrons. The molecule has 0 unspecified atom stereocenters. The Hall–Kier alpha value is -1.31. The molecule has 0 heterocycles. The van der Waals surface area contributed by atoms with Gasteiger partial charge in [0.2, 0.25) is 5.43 Å². The van der Waals surface area contributed by atoms with Crippen LogP contribution in [0.5, 0.6) is 0 Å². The standard InChI is InChI=1S/C16H25NO/c1-4-5-6-7-11-17-15-12-14(13(2)3)9-8-10-16(15)18/h8-10,12-13H,4-7,11H2,1-3H3,(H,17,18). The smallest absolute Gasteiger partial charge is 0.201 e. The van der Waals surface area contributed by atoms with E-state index in [0.717, 1.165) is 18.7 Å². The van der Waals surface area contributed by atoms with E-state index in [1.807, 2.05) is 18.2 Å². The fraction of sp³-hybridized carbons (Fsp3) is 0.562. The maximum atomic E-state index is 11.9. The molecule has 18 heavy (non-hydrogen) atoms. The monoisotopic (exact) mass is 247 g/mol. The Bertz CT molecular complexity index is 412. The van der Waals surface area contributed by atoms with Gasteiger partial charge in [-0.2, -0.15) is 0 Å². The molecule has 1 aromatic carbocycles. The zero-order valence-corrected chi connectivity index (χ0v) is 11.8. The van der Waals surface area contributed by atoms with Gasteiger partial charge in [-0.3, -0.25) is 4.79 Å². The zero-order valence-electron chi connectivity index (χ0n) is 11.8. The van der Waals surface area contributed by atoms with Crippen LogP contribution in [-0.4, -0.2) is 6.54 Å². The van der Waals surface area contributed by atoms with Gasteiger partial charge in [-0.15, -0.1) is 0 Å². The predicted molar refractivity (Wildman–Crippen MR) is 79.4 cm³/mol. The third kappa shape index (κ3) is 4.91. The maximum absolute atomic E-state index is 11.9. The van der Waals surface area contributed by atoms with E-state index in [-0.39, 0.29) is 5.43 Å². The van der Waals surface area contributed by atoms with Gasteiger partial charge in [0, 0.05) is 6.54 Å². The van der Waals surface area contributed by atoms with Crippen LogP contribution in [0.4, 0.5) is 5.69 Å². The number of rotatable bonds is 7. The quantitative estimate of drug-likeness (QED) is 0.733. The topological polar surface area (TPSA) is 29.1 Å². The summed E-state index contributed by atoms with van der Waals surface area (Å²) in [7, 11) is 0. The molecular formula is C16H25NO. The number of hydrogen-bond acceptors (Lipinski definition) is 2. The van der Waals surface area contributed by atoms with Crippen molar-refractivity contribution in [3.8, 4) is 0 Å². The van der Waals surface area contributed by atoms with Crippen molar-refractivity contribution in [2.24, 2.45) is 0 Å². The van der Waals surface area contributed by atoms with Crippen LogP contribution in [0.1, 0.15) is 57.9 Å². The fourth-order valence-corrected chi connectivity index (χ4v) is 1.89. The molecule has 1 N–H and O–H groups in total. The largest absolute Gasteiger partial charge is 0.382 e. The second kappa shape index (κ2) is 7.91. The van der Waals surface area contributed by atoms with E-state index in [2.05, 4.69) is 26.1 Å². The lowest BCUT2D eigenvalue weighted by Gasteiger charge is -2.06. The Morgan fingerprint density at radius 2 is 1.94 bits per heavy atom. The molecular weight excluding hydrogens is 222 g/mol. The van der Waals surface area contributed by atoms with Crippen molar-refractivity contribution in [3.63, 3.8) is 0 Å². The lowest BCUT2D eigenvalue weighted by atomic mass is 10.1. The van der Waals surface area contributed by atoms with Crippen molar-refractivity contribution in [3.05, 3.63) is 40.1 Å². The number of anilines is 1. The van der Waals surface area contributed by atoms with Crippen LogP contribution in [-0.2, 0) is 0 Å². The summed E-state index contributed by atoms with van der Waals surface area (Å²) in [6.07, 6.45) is 4.87. The minimum Gasteiger partial charge on any atom is -0.382 e. The Morgan fingerprint density at radius 3 is 2.61 bits per heavy atom. The first kappa shape index (κ1) is 14.7. The molecule has 0 amide bonds. The third-order valence-electron chi connectivity index (χ3n) is 3.13. The SMILES string of the molecule is CCCCCCNc1cc(C(C)C)cccc1=O. The molecule has 0 aliphatic rings. The molecule has 0 aliphatic heterocycles. The molecule has 2 nitrogen and oxygen atoms in total. The molecule has 0 spiro atoms. The maximum Gasteiger partial charge on any atom is 0.201 e. The van der Waals surface area contributed by atoms with Gasteiger partial charge < -0.3 is 5.32 Å². The summed E-state index contributed by atoms with van der Waals surface area (Å²) < 4.78 is 0. The predicted octanol–water partition coefficient (Wildman–Crippen LogP) is 4.16. The second-order valence-corrected chi connectivity index (χ2v) is 5.09. The summed E-state index contributed by atoms with van der Waals surface area (Å²) in [5, 5.41) is 3.27. The van der Waals surface area contributed by atoms with E-state index in [9.17, 15) is 4.79 Å². The van der Waals surface area contributed by atoms with Crippen molar-refractivity contribution in [1.29, 1.82) is 0 Å². The van der Waals surface area contributed by atoms with Gasteiger partial charge in [0.1, 0.15) is 0 Å². The lowest BCUT2D eigenvalue weighted by molar-refractivity contribution is 0.685. The van der Waals surface area contributed by atoms with Gasteiger partial charge in [0.25, 0.3) is 0 Å². The summed E-state index contributed by atoms with van der Waals surface area (Å²) >= 11 is 0. The van der Waals surface area contributed by atoms with Gasteiger partial charge in [-0.05, 0) is 30.0 Å². The Morgan fingerprint density at radius 1 is 1.17 bits per heavy atom. The first-order valence-corrected chi connectivity index (χ1v) is 7.03. The highest BCUT2D eigenvalue weighted by molar-refractivity contribution is 5.45. The second-order valence-electron chi connectivity index (χ2n) is 5.09. The first-order chi connectivity index (χ1) is 8.65. The summed E-state index contributed by atoms with van der Waals surface area (Å²) in [5.74, 6) is 0.442. The molecule has 1 aromatic rings. The molecule has 0 bridgehead atoms. The van der Waals surface area contributed by atoms with Gasteiger partial charge in [-0.25, -0.2) is 0 Å². The Balaban J connectivity index is 2.67. The van der Waals surface area contributed by atoms with Crippen LogP contribution in [0.15, 0.2) is 29.1 Å². The van der Waals surface area contributed by atoms with Crippen LogP contribution in [0.3, 0.4) is 0 Å². The van der Waals surface area contributed by atoms with E-state index in [4.69, 9.17) is 0 Å². The Labute approximate surface area is 110 Å². The van der Waals surface area contributed by atoms with Gasteiger partial charge >= 0.3 is 0 Å². The van der Waals surface area contributed by atoms with E-state index in [1.54, 1.807) is 6.07 Å². The normalized spacial score (nSPS) is 10.7. The molecule has 0 radical (unpaired) electrons. The fourth-order valence-electron chi connectivity index (χ4n) is 1.89. The summed E-state index contributed by atoms with van der Waals surface area (Å²) in [5.41, 5.74) is 2.02. The minimum atomic E-state index is 0.0809. The van der Waals surface area contributed by atoms with E-state index >= 15 is 0 Å². The average molecular weight is 247 g/mol. The van der Waals surface area contributed by atoms with Crippen molar-refractivity contribution in [2.45, 2.75) is 52.4 Å². The number of hydrogen-bond donors (Lipinski definition) is 1. The molecule has 0 saturated carbocycles. The van der Waals surface area contributed by atoms with Crippen molar-refractivity contribution < 1.29 is 0 Å². The zero-order chi connectivity index (χ0) is 13.4. The number of nitrogens with one attached hydrogen (secondary N) is 1.